The van der Waals surface area contributed by atoms with Crippen molar-refractivity contribution in [1.29, 1.82) is 0 Å². The quantitative estimate of drug-likeness (QED) is 0.319. The molecular weight excluding hydrogens is 608 g/mol. The predicted molar refractivity (Wildman–Crippen MR) is 184 cm³/mol. The first-order chi connectivity index (χ1) is 22.5. The maximum absolute atomic E-state index is 12.5. The molecule has 2 saturated heterocycles. The fourth-order valence-electron chi connectivity index (χ4n) is 14.0. The van der Waals surface area contributed by atoms with E-state index < -0.39 is 23.3 Å². The van der Waals surface area contributed by atoms with E-state index in [1.807, 2.05) is 6.92 Å². The summed E-state index contributed by atoms with van der Waals surface area (Å²) < 4.78 is 31.5. The third-order valence-corrected chi connectivity index (χ3v) is 16.0. The Balaban J connectivity index is 1.11. The zero-order valence-electron chi connectivity index (χ0n) is 31.5. The zero-order valence-corrected chi connectivity index (χ0v) is 31.5. The molecule has 7 fully saturated rings. The van der Waals surface area contributed by atoms with Crippen molar-refractivity contribution >= 4 is 0 Å². The fourth-order valence-corrected chi connectivity index (χ4v) is 14.0. The lowest BCUT2D eigenvalue weighted by Crippen LogP contribution is -2.70. The van der Waals surface area contributed by atoms with Crippen molar-refractivity contribution in [1.82, 2.24) is 4.90 Å². The summed E-state index contributed by atoms with van der Waals surface area (Å²) in [6.45, 7) is 21.0. The molecule has 2 aliphatic heterocycles. The van der Waals surface area contributed by atoms with Gasteiger partial charge in [0.2, 0.25) is 0 Å². The fraction of sp³-hybridized carbons (Fsp3) is 1.00. The first kappa shape index (κ1) is 36.0. The van der Waals surface area contributed by atoms with Gasteiger partial charge in [-0.1, -0.05) is 27.7 Å². The molecule has 7 rings (SSSR count). The molecule has 5 aliphatic carbocycles. The molecule has 15 atom stereocenters. The summed E-state index contributed by atoms with van der Waals surface area (Å²) in [7, 11) is 1.77. The minimum atomic E-state index is -1.04. The summed E-state index contributed by atoms with van der Waals surface area (Å²) >= 11 is 0. The van der Waals surface area contributed by atoms with Gasteiger partial charge in [0.05, 0.1) is 48.8 Å². The van der Waals surface area contributed by atoms with Crippen molar-refractivity contribution in [2.75, 3.05) is 40.0 Å². The Hall–Kier alpha value is -0.360. The van der Waals surface area contributed by atoms with Gasteiger partial charge in [-0.2, -0.15) is 0 Å². The normalized spacial score (nSPS) is 51.1. The second-order valence-corrected chi connectivity index (χ2v) is 19.0. The van der Waals surface area contributed by atoms with E-state index in [1.165, 1.54) is 19.3 Å². The first-order valence-electron chi connectivity index (χ1n) is 19.5. The third kappa shape index (κ3) is 4.94. The monoisotopic (exact) mass is 677 g/mol. The van der Waals surface area contributed by atoms with Crippen LogP contribution in [0.1, 0.15) is 107 Å². The van der Waals surface area contributed by atoms with E-state index >= 15 is 0 Å². The average molecular weight is 677 g/mol. The van der Waals surface area contributed by atoms with Crippen LogP contribution in [0.5, 0.6) is 0 Å². The van der Waals surface area contributed by atoms with E-state index in [2.05, 4.69) is 39.5 Å². The molecule has 2 spiro atoms. The van der Waals surface area contributed by atoms with Crippen LogP contribution in [0.25, 0.3) is 0 Å². The van der Waals surface area contributed by atoms with Gasteiger partial charge in [0, 0.05) is 32.8 Å². The molecule has 0 aromatic heterocycles. The van der Waals surface area contributed by atoms with Crippen LogP contribution in [0.2, 0.25) is 0 Å². The van der Waals surface area contributed by atoms with E-state index in [0.717, 1.165) is 45.2 Å². The van der Waals surface area contributed by atoms with Gasteiger partial charge in [0.15, 0.2) is 6.29 Å². The number of nitrogens with zero attached hydrogens (tertiary/aromatic N) is 1. The molecule has 0 aromatic carbocycles. The topological polar surface area (TPSA) is 116 Å². The summed E-state index contributed by atoms with van der Waals surface area (Å²) in [6, 6.07) is 0.344. The van der Waals surface area contributed by atoms with E-state index in [4.69, 9.17) is 29.4 Å². The first-order valence-corrected chi connectivity index (χ1v) is 19.5. The molecule has 0 bridgehead atoms. The molecule has 9 nitrogen and oxygen atoms in total. The Morgan fingerprint density at radius 2 is 1.77 bits per heavy atom. The molecule has 48 heavy (non-hydrogen) atoms. The molecule has 2 heterocycles. The average Bonchev–Trinajstić information content (AvgIpc) is 3.65. The minimum Gasteiger partial charge on any atom is -0.388 e. The third-order valence-electron chi connectivity index (χ3n) is 16.0. The summed E-state index contributed by atoms with van der Waals surface area (Å²) in [4.78, 5) is 2.44. The van der Waals surface area contributed by atoms with Gasteiger partial charge < -0.3 is 39.6 Å². The van der Waals surface area contributed by atoms with Gasteiger partial charge in [-0.25, -0.2) is 0 Å². The SMILES string of the molecule is CCO[C@@H](C1C[C@@H](C)[C@H]2C(O1)[C@H](O)[C@@]1(N)C3CC[C@H]4C(C)(C)[C@@H](OC5CN([C@H](C)COC)CCO5)CCC45CC35CC[C@]21C)C(C)(C)O. The van der Waals surface area contributed by atoms with Crippen molar-refractivity contribution in [3.63, 3.8) is 0 Å². The molecule has 9 heteroatoms. The van der Waals surface area contributed by atoms with Crippen LogP contribution in [0.3, 0.4) is 0 Å². The molecule has 5 saturated carbocycles. The summed E-state index contributed by atoms with van der Waals surface area (Å²) in [6.07, 6.45) is 6.81. The molecule has 7 aliphatic rings. The second-order valence-electron chi connectivity index (χ2n) is 19.0. The van der Waals surface area contributed by atoms with Gasteiger partial charge >= 0.3 is 0 Å². The molecule has 0 aromatic rings. The lowest BCUT2D eigenvalue weighted by Gasteiger charge is -2.63. The summed E-state index contributed by atoms with van der Waals surface area (Å²) in [5, 5.41) is 23.5. The van der Waals surface area contributed by atoms with Gasteiger partial charge in [0.1, 0.15) is 6.10 Å². The summed E-state index contributed by atoms with van der Waals surface area (Å²) in [5.74, 6) is 1.34. The van der Waals surface area contributed by atoms with Crippen LogP contribution in [-0.4, -0.2) is 109 Å². The highest BCUT2D eigenvalue weighted by atomic mass is 16.7. The van der Waals surface area contributed by atoms with Crippen LogP contribution in [0, 0.1) is 45.3 Å². The van der Waals surface area contributed by atoms with Crippen molar-refractivity contribution in [3.8, 4) is 0 Å². The van der Waals surface area contributed by atoms with Crippen LogP contribution in [0.15, 0.2) is 0 Å². The number of aliphatic hydroxyl groups is 2. The zero-order chi connectivity index (χ0) is 34.7. The van der Waals surface area contributed by atoms with Crippen LogP contribution in [-0.2, 0) is 23.7 Å². The largest absolute Gasteiger partial charge is 0.388 e. The number of ether oxygens (including phenoxy) is 5. The van der Waals surface area contributed by atoms with Crippen LogP contribution >= 0.6 is 0 Å². The Bertz CT molecular complexity index is 1200. The number of rotatable bonds is 9. The van der Waals surface area contributed by atoms with Crippen molar-refractivity contribution in [2.45, 2.75) is 161 Å². The van der Waals surface area contributed by atoms with Gasteiger partial charge in [-0.05, 0) is 124 Å². The van der Waals surface area contributed by atoms with E-state index in [9.17, 15) is 10.2 Å². The smallest absolute Gasteiger partial charge is 0.170 e. The maximum Gasteiger partial charge on any atom is 0.170 e. The Labute approximate surface area is 290 Å². The molecule has 0 radical (unpaired) electrons. The standard InChI is InChI=1S/C39H68N2O7/c1-10-45-33(35(6,7)43)25-19-23(2)30-31(47-25)32(42)39(40)27-12-11-26-34(4,5)28(48-29-20-41(17-18-46-29)24(3)21-44-9)13-14-37(26)22-38(27,37)16-15-36(30,39)8/h23-33,42-43H,10-22,40H2,1-9H3/t23-,24-,25?,26+,27?,28+,29?,30+,31?,32+,33+,36-,37?,38?,39+/m1/s1. The van der Waals surface area contributed by atoms with Gasteiger partial charge in [-0.15, -0.1) is 0 Å². The number of aliphatic hydroxyl groups excluding tert-OH is 1. The van der Waals surface area contributed by atoms with Crippen molar-refractivity contribution in [3.05, 3.63) is 0 Å². The lowest BCUT2D eigenvalue weighted by atomic mass is 9.43. The number of nitrogens with two attached hydrogens (primary N) is 1. The van der Waals surface area contributed by atoms with Crippen LogP contribution < -0.4 is 5.73 Å². The van der Waals surface area contributed by atoms with Gasteiger partial charge in [-0.3, -0.25) is 4.90 Å². The Kier molecular flexibility index (Phi) is 9.07. The lowest BCUT2D eigenvalue weighted by molar-refractivity contribution is -0.249. The Morgan fingerprint density at radius 3 is 2.46 bits per heavy atom. The van der Waals surface area contributed by atoms with Gasteiger partial charge in [0.25, 0.3) is 0 Å². The molecule has 4 N–H and O–H groups in total. The Morgan fingerprint density at radius 1 is 1.06 bits per heavy atom. The molecular formula is C39H68N2O7. The molecule has 0 amide bonds. The van der Waals surface area contributed by atoms with E-state index in [0.29, 0.717) is 37.7 Å². The highest BCUT2D eigenvalue weighted by Gasteiger charge is 2.85. The van der Waals surface area contributed by atoms with E-state index in [-0.39, 0.29) is 58.1 Å². The highest BCUT2D eigenvalue weighted by molar-refractivity contribution is 5.35. The molecule has 276 valence electrons. The number of fused-ring (bicyclic) bond motifs is 4. The number of hydrogen-bond acceptors (Lipinski definition) is 9. The predicted octanol–water partition coefficient (Wildman–Crippen LogP) is 4.75. The van der Waals surface area contributed by atoms with E-state index in [1.54, 1.807) is 21.0 Å². The molecule has 6 unspecified atom stereocenters. The highest BCUT2D eigenvalue weighted by Crippen LogP contribution is 2.87. The van der Waals surface area contributed by atoms with Crippen molar-refractivity contribution < 1.29 is 33.9 Å². The van der Waals surface area contributed by atoms with Crippen LogP contribution in [0.4, 0.5) is 0 Å². The maximum atomic E-state index is 12.5. The minimum absolute atomic E-state index is 0.0253. The second kappa shape index (κ2) is 12.1. The number of morpholine rings is 1. The number of hydrogen-bond donors (Lipinski definition) is 3. The number of methoxy groups -OCH3 is 1. The van der Waals surface area contributed by atoms with Crippen molar-refractivity contribution in [2.24, 2.45) is 51.1 Å². The summed E-state index contributed by atoms with van der Waals surface area (Å²) in [5.41, 5.74) is 6.34.